The molecule has 0 aromatic carbocycles. The standard InChI is InChI=1S/C14H22O2/c1-9(12(15)16)7-11-8-10-5-6-14(11,4)13(10,2)3/h7,10-11H,5-6,8H2,1-4H3,(H,15,16)/t10?,11?,14-/m0/s1. The van der Waals surface area contributed by atoms with Crippen LogP contribution >= 0.6 is 0 Å². The van der Waals surface area contributed by atoms with Gasteiger partial charge in [0.2, 0.25) is 0 Å². The molecule has 0 aromatic heterocycles. The minimum atomic E-state index is -0.774. The molecule has 2 unspecified atom stereocenters. The van der Waals surface area contributed by atoms with Crippen LogP contribution in [0.5, 0.6) is 0 Å². The minimum absolute atomic E-state index is 0.300. The van der Waals surface area contributed by atoms with E-state index in [0.29, 0.717) is 22.3 Å². The van der Waals surface area contributed by atoms with E-state index in [0.717, 1.165) is 5.92 Å². The summed E-state index contributed by atoms with van der Waals surface area (Å²) in [6.45, 7) is 8.77. The molecule has 2 rings (SSSR count). The number of allylic oxidation sites excluding steroid dienone is 1. The summed E-state index contributed by atoms with van der Waals surface area (Å²) in [5.74, 6) is 0.460. The lowest BCUT2D eigenvalue weighted by Gasteiger charge is -2.38. The van der Waals surface area contributed by atoms with E-state index >= 15 is 0 Å². The van der Waals surface area contributed by atoms with Crippen LogP contribution < -0.4 is 0 Å². The quantitative estimate of drug-likeness (QED) is 0.726. The second-order valence-electron chi connectivity index (χ2n) is 6.37. The van der Waals surface area contributed by atoms with E-state index < -0.39 is 5.97 Å². The fourth-order valence-corrected chi connectivity index (χ4v) is 3.89. The molecular formula is C14H22O2. The van der Waals surface area contributed by atoms with Gasteiger partial charge in [-0.3, -0.25) is 0 Å². The first-order chi connectivity index (χ1) is 7.29. The van der Waals surface area contributed by atoms with Gasteiger partial charge in [-0.1, -0.05) is 26.8 Å². The molecule has 2 aliphatic rings. The van der Waals surface area contributed by atoms with Gasteiger partial charge < -0.3 is 5.11 Å². The van der Waals surface area contributed by atoms with Crippen molar-refractivity contribution < 1.29 is 9.90 Å². The van der Waals surface area contributed by atoms with Gasteiger partial charge in [0, 0.05) is 5.57 Å². The summed E-state index contributed by atoms with van der Waals surface area (Å²) >= 11 is 0. The normalized spacial score (nSPS) is 41.4. The minimum Gasteiger partial charge on any atom is -0.478 e. The van der Waals surface area contributed by atoms with Gasteiger partial charge in [0.05, 0.1) is 0 Å². The van der Waals surface area contributed by atoms with Crippen LogP contribution in [0.3, 0.4) is 0 Å². The fraction of sp³-hybridized carbons (Fsp3) is 0.786. The Kier molecular flexibility index (Phi) is 2.45. The first-order valence-corrected chi connectivity index (χ1v) is 6.21. The average molecular weight is 222 g/mol. The molecule has 0 aromatic rings. The van der Waals surface area contributed by atoms with Crippen LogP contribution in [0.2, 0.25) is 0 Å². The molecule has 0 amide bonds. The predicted molar refractivity (Wildman–Crippen MR) is 64.1 cm³/mol. The summed E-state index contributed by atoms with van der Waals surface area (Å²) in [7, 11) is 0. The molecule has 1 N–H and O–H groups in total. The van der Waals surface area contributed by atoms with Crippen molar-refractivity contribution in [3.8, 4) is 0 Å². The summed E-state index contributed by atoms with van der Waals surface area (Å²) in [6.07, 6.45) is 5.75. The van der Waals surface area contributed by atoms with Crippen molar-refractivity contribution in [2.75, 3.05) is 0 Å². The molecule has 2 aliphatic carbocycles. The Morgan fingerprint density at radius 1 is 1.38 bits per heavy atom. The van der Waals surface area contributed by atoms with Gasteiger partial charge in [0.1, 0.15) is 0 Å². The van der Waals surface area contributed by atoms with Crippen molar-refractivity contribution in [3.05, 3.63) is 11.6 Å². The third-order valence-electron chi connectivity index (χ3n) is 5.65. The van der Waals surface area contributed by atoms with Crippen LogP contribution in [-0.4, -0.2) is 11.1 Å². The van der Waals surface area contributed by atoms with Gasteiger partial charge >= 0.3 is 5.97 Å². The third-order valence-corrected chi connectivity index (χ3v) is 5.65. The van der Waals surface area contributed by atoms with E-state index in [4.69, 9.17) is 5.11 Å². The number of fused-ring (bicyclic) bond motifs is 2. The van der Waals surface area contributed by atoms with Crippen molar-refractivity contribution in [2.24, 2.45) is 22.7 Å². The van der Waals surface area contributed by atoms with Crippen molar-refractivity contribution in [1.29, 1.82) is 0 Å². The number of carboxylic acids is 1. The molecule has 0 spiro atoms. The Labute approximate surface area is 97.7 Å². The summed E-state index contributed by atoms with van der Waals surface area (Å²) in [5, 5.41) is 8.96. The zero-order valence-corrected chi connectivity index (χ0v) is 10.7. The number of aliphatic carboxylic acids is 1. The predicted octanol–water partition coefficient (Wildman–Crippen LogP) is 3.48. The van der Waals surface area contributed by atoms with Crippen molar-refractivity contribution in [2.45, 2.75) is 47.0 Å². The van der Waals surface area contributed by atoms with Crippen LogP contribution in [0.25, 0.3) is 0 Å². The zero-order valence-electron chi connectivity index (χ0n) is 10.7. The third kappa shape index (κ3) is 1.35. The monoisotopic (exact) mass is 222 g/mol. The maximum absolute atomic E-state index is 10.9. The van der Waals surface area contributed by atoms with Gasteiger partial charge in [-0.25, -0.2) is 4.79 Å². The van der Waals surface area contributed by atoms with E-state index in [1.807, 2.05) is 6.08 Å². The molecule has 0 aliphatic heterocycles. The van der Waals surface area contributed by atoms with Crippen LogP contribution in [0, 0.1) is 22.7 Å². The van der Waals surface area contributed by atoms with Gasteiger partial charge in [0.25, 0.3) is 0 Å². The fourth-order valence-electron chi connectivity index (χ4n) is 3.89. The molecule has 90 valence electrons. The smallest absolute Gasteiger partial charge is 0.330 e. The van der Waals surface area contributed by atoms with Crippen LogP contribution in [0.15, 0.2) is 11.6 Å². The maximum Gasteiger partial charge on any atom is 0.330 e. The van der Waals surface area contributed by atoms with Gasteiger partial charge in [-0.2, -0.15) is 0 Å². The molecule has 3 atom stereocenters. The highest BCUT2D eigenvalue weighted by molar-refractivity contribution is 5.85. The summed E-state index contributed by atoms with van der Waals surface area (Å²) < 4.78 is 0. The average Bonchev–Trinajstić information content (AvgIpc) is 2.50. The first kappa shape index (κ1) is 11.7. The summed E-state index contributed by atoms with van der Waals surface area (Å²) in [4.78, 5) is 10.9. The molecule has 16 heavy (non-hydrogen) atoms. The number of carbonyl (C=O) groups is 1. The highest BCUT2D eigenvalue weighted by Crippen LogP contribution is 2.68. The summed E-state index contributed by atoms with van der Waals surface area (Å²) in [5.41, 5.74) is 1.18. The van der Waals surface area contributed by atoms with E-state index in [9.17, 15) is 4.79 Å². The number of hydrogen-bond donors (Lipinski definition) is 1. The second-order valence-corrected chi connectivity index (χ2v) is 6.37. The maximum atomic E-state index is 10.9. The number of hydrogen-bond acceptors (Lipinski definition) is 1. The molecule has 2 bridgehead atoms. The van der Waals surface area contributed by atoms with E-state index in [2.05, 4.69) is 20.8 Å². The lowest BCUT2D eigenvalue weighted by Crippen LogP contribution is -2.31. The van der Waals surface area contributed by atoms with Gasteiger partial charge in [-0.05, 0) is 48.9 Å². The topological polar surface area (TPSA) is 37.3 Å². The van der Waals surface area contributed by atoms with Crippen LogP contribution in [0.1, 0.15) is 47.0 Å². The Bertz CT molecular complexity index is 354. The van der Waals surface area contributed by atoms with Crippen LogP contribution in [0.4, 0.5) is 0 Å². The Morgan fingerprint density at radius 2 is 2.00 bits per heavy atom. The highest BCUT2D eigenvalue weighted by atomic mass is 16.4. The molecule has 2 heteroatoms. The molecule has 0 saturated heterocycles. The first-order valence-electron chi connectivity index (χ1n) is 6.21. The van der Waals surface area contributed by atoms with Gasteiger partial charge in [0.15, 0.2) is 0 Å². The number of carboxylic acid groups (broad SMARTS) is 1. The van der Waals surface area contributed by atoms with Crippen LogP contribution in [-0.2, 0) is 4.79 Å². The van der Waals surface area contributed by atoms with E-state index in [1.54, 1.807) is 6.92 Å². The summed E-state index contributed by atoms with van der Waals surface area (Å²) in [6, 6.07) is 0. The number of rotatable bonds is 2. The lowest BCUT2D eigenvalue weighted by molar-refractivity contribution is -0.132. The molecule has 0 heterocycles. The van der Waals surface area contributed by atoms with Crippen molar-refractivity contribution in [3.63, 3.8) is 0 Å². The molecule has 2 nitrogen and oxygen atoms in total. The van der Waals surface area contributed by atoms with Crippen molar-refractivity contribution in [1.82, 2.24) is 0 Å². The Balaban J connectivity index is 2.29. The second kappa shape index (κ2) is 3.35. The zero-order chi connectivity index (χ0) is 12.1. The largest absolute Gasteiger partial charge is 0.478 e. The molecule has 2 saturated carbocycles. The Morgan fingerprint density at radius 3 is 2.38 bits per heavy atom. The Hall–Kier alpha value is -0.790. The van der Waals surface area contributed by atoms with Crippen molar-refractivity contribution >= 4 is 5.97 Å². The van der Waals surface area contributed by atoms with E-state index in [-0.39, 0.29) is 0 Å². The SMILES string of the molecule is CC(=CC1CC2CC[C@]1(C)C2(C)C)C(=O)O. The lowest BCUT2D eigenvalue weighted by atomic mass is 9.66. The van der Waals surface area contributed by atoms with E-state index in [1.165, 1.54) is 19.3 Å². The molecule has 0 radical (unpaired) electrons. The highest BCUT2D eigenvalue weighted by Gasteiger charge is 2.60. The molecule has 2 fully saturated rings. The molecular weight excluding hydrogens is 200 g/mol. The van der Waals surface area contributed by atoms with Gasteiger partial charge in [-0.15, -0.1) is 0 Å².